The molecule has 0 saturated heterocycles. The van der Waals surface area contributed by atoms with Crippen molar-refractivity contribution >= 4 is 22.4 Å². The van der Waals surface area contributed by atoms with Gasteiger partial charge in [-0.2, -0.15) is 0 Å². The lowest BCUT2D eigenvalue weighted by atomic mass is 9.93. The van der Waals surface area contributed by atoms with Gasteiger partial charge in [-0.05, 0) is 62.3 Å². The summed E-state index contributed by atoms with van der Waals surface area (Å²) < 4.78 is 5.32. The molecule has 0 radical (unpaired) electrons. The predicted octanol–water partition coefficient (Wildman–Crippen LogP) is 3.59. The Hall–Kier alpha value is -1.92. The van der Waals surface area contributed by atoms with Gasteiger partial charge in [0, 0.05) is 17.5 Å². The quantitative estimate of drug-likeness (QED) is 0.892. The summed E-state index contributed by atoms with van der Waals surface area (Å²) >= 11 is 1.64. The normalized spacial score (nSPS) is 19.5. The molecule has 0 bridgehead atoms. The van der Waals surface area contributed by atoms with E-state index in [9.17, 15) is 4.79 Å². The molecule has 0 spiro atoms. The van der Waals surface area contributed by atoms with Crippen molar-refractivity contribution in [2.24, 2.45) is 0 Å². The maximum Gasteiger partial charge on any atom is 0.240 e. The third-order valence-electron chi connectivity index (χ3n) is 5.46. The maximum atomic E-state index is 12.5. The lowest BCUT2D eigenvalue weighted by Gasteiger charge is -2.34. The zero-order chi connectivity index (χ0) is 18.1. The van der Waals surface area contributed by atoms with Crippen LogP contribution in [-0.4, -0.2) is 36.0 Å². The van der Waals surface area contributed by atoms with Gasteiger partial charge in [0.2, 0.25) is 5.91 Å². The van der Waals surface area contributed by atoms with E-state index in [2.05, 4.69) is 34.3 Å². The number of aryl methyl sites for hydroxylation is 2. The Labute approximate surface area is 158 Å². The van der Waals surface area contributed by atoms with E-state index in [0.717, 1.165) is 36.7 Å². The largest absolute Gasteiger partial charge is 0.497 e. The first-order valence-corrected chi connectivity index (χ1v) is 10.1. The summed E-state index contributed by atoms with van der Waals surface area (Å²) in [6.45, 7) is 3.44. The summed E-state index contributed by atoms with van der Waals surface area (Å²) in [5, 5.41) is 3.78. The number of carbonyl (C=O) groups excluding carboxylic acids is 1. The van der Waals surface area contributed by atoms with Gasteiger partial charge >= 0.3 is 0 Å². The number of aromatic nitrogens is 1. The van der Waals surface area contributed by atoms with E-state index in [-0.39, 0.29) is 11.9 Å². The smallest absolute Gasteiger partial charge is 0.240 e. The average Bonchev–Trinajstić information content (AvgIpc) is 3.05. The number of ether oxygens (including phenoxy) is 1. The monoisotopic (exact) mass is 371 g/mol. The molecule has 2 heterocycles. The first kappa shape index (κ1) is 17.5. The van der Waals surface area contributed by atoms with Crippen LogP contribution in [0.3, 0.4) is 0 Å². The summed E-state index contributed by atoms with van der Waals surface area (Å²) in [5.74, 6) is 0.926. The molecule has 26 heavy (non-hydrogen) atoms. The molecule has 1 unspecified atom stereocenters. The Balaban J connectivity index is 1.40. The molecule has 2 aliphatic rings. The lowest BCUT2D eigenvalue weighted by Crippen LogP contribution is -2.39. The summed E-state index contributed by atoms with van der Waals surface area (Å²) in [7, 11) is 1.70. The molecule has 5 nitrogen and oxygen atoms in total. The van der Waals surface area contributed by atoms with Crippen molar-refractivity contribution < 1.29 is 9.53 Å². The van der Waals surface area contributed by atoms with Crippen LogP contribution < -0.4 is 10.1 Å². The maximum absolute atomic E-state index is 12.5. The van der Waals surface area contributed by atoms with Crippen molar-refractivity contribution in [1.29, 1.82) is 0 Å². The Bertz CT molecular complexity index is 794. The first-order chi connectivity index (χ1) is 12.6. The molecule has 1 N–H and O–H groups in total. The summed E-state index contributed by atoms with van der Waals surface area (Å²) in [6.07, 6.45) is 5.53. The average molecular weight is 372 g/mol. The van der Waals surface area contributed by atoms with E-state index in [4.69, 9.17) is 4.74 Å². The molecule has 1 aromatic carbocycles. The van der Waals surface area contributed by atoms with Gasteiger partial charge in [-0.15, -0.1) is 11.3 Å². The second kappa shape index (κ2) is 7.37. The molecule has 138 valence electrons. The Kier molecular flexibility index (Phi) is 4.96. The molecule has 0 fully saturated rings. The standard InChI is InChI=1S/C20H25N3O2S/c1-13-16-8-7-15(25-2)11-14(16)9-10-23(13)12-19(24)22-20-21-17-5-3-4-6-18(17)26-20/h7-8,11,13H,3-6,9-10,12H2,1-2H3,(H,21,22,24). The Morgan fingerprint density at radius 3 is 3.00 bits per heavy atom. The number of nitrogens with zero attached hydrogens (tertiary/aromatic N) is 2. The van der Waals surface area contributed by atoms with E-state index >= 15 is 0 Å². The van der Waals surface area contributed by atoms with Gasteiger partial charge in [0.25, 0.3) is 0 Å². The van der Waals surface area contributed by atoms with Crippen LogP contribution in [0.4, 0.5) is 5.13 Å². The highest BCUT2D eigenvalue weighted by atomic mass is 32.1. The highest BCUT2D eigenvalue weighted by molar-refractivity contribution is 7.15. The van der Waals surface area contributed by atoms with Gasteiger partial charge < -0.3 is 10.1 Å². The van der Waals surface area contributed by atoms with Crippen molar-refractivity contribution in [3.05, 3.63) is 39.9 Å². The SMILES string of the molecule is COc1ccc2c(c1)CCN(CC(=O)Nc1nc3c(s1)CCCC3)C2C. The van der Waals surface area contributed by atoms with Gasteiger partial charge in [0.05, 0.1) is 19.3 Å². The molecular formula is C20H25N3O2S. The van der Waals surface area contributed by atoms with Gasteiger partial charge in [0.15, 0.2) is 5.13 Å². The highest BCUT2D eigenvalue weighted by Crippen LogP contribution is 2.32. The minimum Gasteiger partial charge on any atom is -0.497 e. The fraction of sp³-hybridized carbons (Fsp3) is 0.500. The number of amides is 1. The van der Waals surface area contributed by atoms with Crippen LogP contribution in [-0.2, 0) is 24.1 Å². The second-order valence-corrected chi connectivity index (χ2v) is 8.19. The van der Waals surface area contributed by atoms with E-state index in [1.165, 1.54) is 34.5 Å². The number of hydrogen-bond acceptors (Lipinski definition) is 5. The number of hydrogen-bond donors (Lipinski definition) is 1. The topological polar surface area (TPSA) is 54.5 Å². The number of carbonyl (C=O) groups is 1. The van der Waals surface area contributed by atoms with Gasteiger partial charge in [-0.25, -0.2) is 4.98 Å². The van der Waals surface area contributed by atoms with Crippen molar-refractivity contribution in [3.8, 4) is 5.75 Å². The molecule has 1 aliphatic heterocycles. The number of anilines is 1. The molecule has 1 aliphatic carbocycles. The summed E-state index contributed by atoms with van der Waals surface area (Å²) in [4.78, 5) is 20.7. The van der Waals surface area contributed by atoms with Crippen LogP contribution in [0.25, 0.3) is 0 Å². The minimum atomic E-state index is 0.0277. The Morgan fingerprint density at radius 1 is 1.35 bits per heavy atom. The highest BCUT2D eigenvalue weighted by Gasteiger charge is 2.26. The van der Waals surface area contributed by atoms with Crippen molar-refractivity contribution in [1.82, 2.24) is 9.88 Å². The number of rotatable bonds is 4. The first-order valence-electron chi connectivity index (χ1n) is 9.33. The molecular weight excluding hydrogens is 346 g/mol. The molecule has 1 aromatic heterocycles. The minimum absolute atomic E-state index is 0.0277. The summed E-state index contributed by atoms with van der Waals surface area (Å²) in [6, 6.07) is 6.46. The van der Waals surface area contributed by atoms with E-state index in [1.54, 1.807) is 18.4 Å². The number of fused-ring (bicyclic) bond motifs is 2. The number of methoxy groups -OCH3 is 1. The number of nitrogens with one attached hydrogen (secondary N) is 1. The van der Waals surface area contributed by atoms with Crippen LogP contribution in [0, 0.1) is 0 Å². The second-order valence-electron chi connectivity index (χ2n) is 7.11. The molecule has 0 saturated carbocycles. The molecule has 6 heteroatoms. The third kappa shape index (κ3) is 3.48. The fourth-order valence-corrected chi connectivity index (χ4v) is 5.02. The van der Waals surface area contributed by atoms with E-state index in [1.807, 2.05) is 6.07 Å². The van der Waals surface area contributed by atoms with Gasteiger partial charge in [-0.1, -0.05) is 6.07 Å². The zero-order valence-electron chi connectivity index (χ0n) is 15.4. The predicted molar refractivity (Wildman–Crippen MR) is 104 cm³/mol. The van der Waals surface area contributed by atoms with Crippen molar-refractivity contribution in [3.63, 3.8) is 0 Å². The van der Waals surface area contributed by atoms with E-state index in [0.29, 0.717) is 6.54 Å². The zero-order valence-corrected chi connectivity index (χ0v) is 16.2. The molecule has 4 rings (SSSR count). The van der Waals surface area contributed by atoms with Crippen molar-refractivity contribution in [2.45, 2.75) is 45.1 Å². The fourth-order valence-electron chi connectivity index (χ4n) is 3.95. The van der Waals surface area contributed by atoms with Crippen LogP contribution >= 0.6 is 11.3 Å². The van der Waals surface area contributed by atoms with Crippen LogP contribution in [0.2, 0.25) is 0 Å². The Morgan fingerprint density at radius 2 is 2.19 bits per heavy atom. The van der Waals surface area contributed by atoms with Crippen molar-refractivity contribution in [2.75, 3.05) is 25.5 Å². The molecule has 1 amide bonds. The van der Waals surface area contributed by atoms with Gasteiger partial charge in [0.1, 0.15) is 5.75 Å². The van der Waals surface area contributed by atoms with Crippen LogP contribution in [0.1, 0.15) is 47.5 Å². The summed E-state index contributed by atoms with van der Waals surface area (Å²) in [5.41, 5.74) is 3.79. The number of benzene rings is 1. The van der Waals surface area contributed by atoms with Crippen LogP contribution in [0.5, 0.6) is 5.75 Å². The van der Waals surface area contributed by atoms with Gasteiger partial charge in [-0.3, -0.25) is 9.69 Å². The lowest BCUT2D eigenvalue weighted by molar-refractivity contribution is -0.117. The van der Waals surface area contributed by atoms with Crippen LogP contribution in [0.15, 0.2) is 18.2 Å². The number of thiazole rings is 1. The molecule has 1 atom stereocenters. The van der Waals surface area contributed by atoms with E-state index < -0.39 is 0 Å². The third-order valence-corrected chi connectivity index (χ3v) is 6.53. The molecule has 2 aromatic rings.